The topological polar surface area (TPSA) is 26.0 Å². The van der Waals surface area contributed by atoms with Gasteiger partial charge in [-0.15, -0.1) is 0 Å². The van der Waals surface area contributed by atoms with Crippen LogP contribution in [0.3, 0.4) is 0 Å². The Balaban J connectivity index is 2.22. The van der Waals surface area contributed by atoms with Crippen LogP contribution in [0, 0.1) is 23.0 Å². The van der Waals surface area contributed by atoms with Crippen molar-refractivity contribution in [3.8, 4) is 0 Å². The average Bonchev–Trinajstić information content (AvgIpc) is 2.68. The second-order valence-corrected chi connectivity index (χ2v) is 5.44. The Kier molecular flexibility index (Phi) is 3.48. The molecule has 2 rings (SSSR count). The van der Waals surface area contributed by atoms with E-state index in [0.29, 0.717) is 24.4 Å². The van der Waals surface area contributed by atoms with Crippen molar-refractivity contribution in [3.05, 3.63) is 35.4 Å². The van der Waals surface area contributed by atoms with Crippen LogP contribution in [0.25, 0.3) is 0 Å². The van der Waals surface area contributed by atoms with Crippen molar-refractivity contribution in [2.75, 3.05) is 6.54 Å². The molecule has 0 bridgehead atoms. The predicted octanol–water partition coefficient (Wildman–Crippen LogP) is 3.27. The van der Waals surface area contributed by atoms with Crippen LogP contribution < -0.4 is 5.73 Å². The first-order valence-corrected chi connectivity index (χ1v) is 6.19. The summed E-state index contributed by atoms with van der Waals surface area (Å²) in [6.07, 6.45) is 3.71. The van der Waals surface area contributed by atoms with Crippen molar-refractivity contribution in [2.24, 2.45) is 17.1 Å². The first-order valence-electron chi connectivity index (χ1n) is 6.19. The molecule has 1 aromatic rings. The summed E-state index contributed by atoms with van der Waals surface area (Å²) in [4.78, 5) is 0. The van der Waals surface area contributed by atoms with E-state index in [1.54, 1.807) is 12.1 Å². The lowest BCUT2D eigenvalue weighted by molar-refractivity contribution is 0.290. The molecular formula is C14H19F2N. The molecule has 94 valence electrons. The number of hydrogen-bond donors (Lipinski definition) is 1. The van der Waals surface area contributed by atoms with Crippen molar-refractivity contribution in [1.82, 2.24) is 0 Å². The highest BCUT2D eigenvalue weighted by Crippen LogP contribution is 2.43. The molecule has 17 heavy (non-hydrogen) atoms. The van der Waals surface area contributed by atoms with Gasteiger partial charge in [-0.3, -0.25) is 0 Å². The van der Waals surface area contributed by atoms with Crippen molar-refractivity contribution >= 4 is 0 Å². The fourth-order valence-electron chi connectivity index (χ4n) is 3.00. The molecule has 0 aromatic heterocycles. The maximum Gasteiger partial charge on any atom is 0.162 e. The van der Waals surface area contributed by atoms with E-state index in [0.717, 1.165) is 25.3 Å². The summed E-state index contributed by atoms with van der Waals surface area (Å²) in [7, 11) is 0. The molecule has 2 atom stereocenters. The summed E-state index contributed by atoms with van der Waals surface area (Å²) in [5.41, 5.74) is 6.28. The normalized spacial score (nSPS) is 28.6. The molecule has 1 saturated carbocycles. The monoisotopic (exact) mass is 239 g/mol. The van der Waals surface area contributed by atoms with Crippen molar-refractivity contribution in [3.63, 3.8) is 0 Å². The Bertz CT molecular complexity index is 405. The minimum absolute atomic E-state index is 0.0337. The molecule has 1 fully saturated rings. The molecular weight excluding hydrogens is 220 g/mol. The largest absolute Gasteiger partial charge is 0.330 e. The van der Waals surface area contributed by atoms with Crippen LogP contribution in [0.5, 0.6) is 0 Å². The summed E-state index contributed by atoms with van der Waals surface area (Å²) in [6.45, 7) is 2.74. The van der Waals surface area contributed by atoms with E-state index in [-0.39, 0.29) is 5.41 Å². The summed E-state index contributed by atoms with van der Waals surface area (Å²) in [5, 5.41) is 0. The average molecular weight is 239 g/mol. The molecule has 0 amide bonds. The summed E-state index contributed by atoms with van der Waals surface area (Å²) in [5.74, 6) is -0.837. The van der Waals surface area contributed by atoms with Gasteiger partial charge in [0.05, 0.1) is 0 Å². The second kappa shape index (κ2) is 4.73. The van der Waals surface area contributed by atoms with Gasteiger partial charge in [0.2, 0.25) is 0 Å². The third kappa shape index (κ3) is 2.49. The molecule has 1 aliphatic rings. The molecule has 1 nitrogen and oxygen atoms in total. The Labute approximate surface area is 101 Å². The van der Waals surface area contributed by atoms with Crippen LogP contribution in [0.1, 0.15) is 31.7 Å². The fraction of sp³-hybridized carbons (Fsp3) is 0.571. The van der Waals surface area contributed by atoms with E-state index < -0.39 is 11.6 Å². The fourth-order valence-corrected chi connectivity index (χ4v) is 3.00. The first-order chi connectivity index (χ1) is 8.06. The number of nitrogens with two attached hydrogens (primary N) is 1. The lowest BCUT2D eigenvalue weighted by Crippen LogP contribution is -2.30. The predicted molar refractivity (Wildman–Crippen MR) is 64.6 cm³/mol. The third-order valence-corrected chi connectivity index (χ3v) is 3.98. The van der Waals surface area contributed by atoms with Crippen LogP contribution in [0.4, 0.5) is 8.78 Å². The van der Waals surface area contributed by atoms with Gasteiger partial charge in [0.25, 0.3) is 0 Å². The van der Waals surface area contributed by atoms with Crippen molar-refractivity contribution in [2.45, 2.75) is 32.6 Å². The Morgan fingerprint density at radius 3 is 2.76 bits per heavy atom. The summed E-state index contributed by atoms with van der Waals surface area (Å²) in [6, 6.07) is 4.39. The minimum atomic E-state index is -0.763. The highest BCUT2D eigenvalue weighted by atomic mass is 19.2. The van der Waals surface area contributed by atoms with E-state index in [1.165, 1.54) is 0 Å². The number of benzene rings is 1. The highest BCUT2D eigenvalue weighted by molar-refractivity contribution is 5.21. The Morgan fingerprint density at radius 2 is 2.18 bits per heavy atom. The van der Waals surface area contributed by atoms with Gasteiger partial charge in [0, 0.05) is 0 Å². The smallest absolute Gasteiger partial charge is 0.162 e. The lowest BCUT2D eigenvalue weighted by Gasteiger charge is -2.28. The SMILES string of the molecule is CC1CCC(CN)(Cc2cccc(F)c2F)C1. The Morgan fingerprint density at radius 1 is 1.41 bits per heavy atom. The van der Waals surface area contributed by atoms with E-state index in [2.05, 4.69) is 6.92 Å². The van der Waals surface area contributed by atoms with Crippen molar-refractivity contribution in [1.29, 1.82) is 0 Å². The highest BCUT2D eigenvalue weighted by Gasteiger charge is 2.36. The van der Waals surface area contributed by atoms with Gasteiger partial charge in [0.1, 0.15) is 0 Å². The number of hydrogen-bond acceptors (Lipinski definition) is 1. The van der Waals surface area contributed by atoms with Gasteiger partial charge in [-0.05, 0) is 48.8 Å². The zero-order valence-corrected chi connectivity index (χ0v) is 10.2. The molecule has 2 unspecified atom stereocenters. The molecule has 0 heterocycles. The molecule has 0 aliphatic heterocycles. The molecule has 1 aromatic carbocycles. The van der Waals surface area contributed by atoms with Gasteiger partial charge in [-0.1, -0.05) is 25.5 Å². The maximum absolute atomic E-state index is 13.6. The first kappa shape index (κ1) is 12.5. The minimum Gasteiger partial charge on any atom is -0.330 e. The molecule has 0 spiro atoms. The van der Waals surface area contributed by atoms with Gasteiger partial charge >= 0.3 is 0 Å². The number of halogens is 2. The van der Waals surface area contributed by atoms with E-state index >= 15 is 0 Å². The maximum atomic E-state index is 13.6. The lowest BCUT2D eigenvalue weighted by atomic mass is 9.79. The van der Waals surface area contributed by atoms with Gasteiger partial charge in [-0.25, -0.2) is 8.78 Å². The molecule has 0 radical (unpaired) electrons. The molecule has 0 saturated heterocycles. The van der Waals surface area contributed by atoms with E-state index in [4.69, 9.17) is 5.73 Å². The molecule has 3 heteroatoms. The van der Waals surface area contributed by atoms with Gasteiger partial charge < -0.3 is 5.73 Å². The van der Waals surface area contributed by atoms with Gasteiger partial charge in [0.15, 0.2) is 11.6 Å². The second-order valence-electron chi connectivity index (χ2n) is 5.44. The quantitative estimate of drug-likeness (QED) is 0.860. The summed E-state index contributed by atoms with van der Waals surface area (Å²) >= 11 is 0. The zero-order chi connectivity index (χ0) is 12.5. The van der Waals surface area contributed by atoms with Gasteiger partial charge in [-0.2, -0.15) is 0 Å². The van der Waals surface area contributed by atoms with Crippen LogP contribution in [-0.2, 0) is 6.42 Å². The molecule has 2 N–H and O–H groups in total. The van der Waals surface area contributed by atoms with Crippen LogP contribution >= 0.6 is 0 Å². The van der Waals surface area contributed by atoms with Crippen molar-refractivity contribution < 1.29 is 8.78 Å². The zero-order valence-electron chi connectivity index (χ0n) is 10.2. The van der Waals surface area contributed by atoms with E-state index in [9.17, 15) is 8.78 Å². The van der Waals surface area contributed by atoms with Crippen LogP contribution in [0.15, 0.2) is 18.2 Å². The third-order valence-electron chi connectivity index (χ3n) is 3.98. The molecule has 1 aliphatic carbocycles. The van der Waals surface area contributed by atoms with E-state index in [1.807, 2.05) is 0 Å². The number of rotatable bonds is 3. The van der Waals surface area contributed by atoms with Crippen LogP contribution in [-0.4, -0.2) is 6.54 Å². The van der Waals surface area contributed by atoms with Crippen LogP contribution in [0.2, 0.25) is 0 Å². The summed E-state index contributed by atoms with van der Waals surface area (Å²) < 4.78 is 26.8. The Hall–Kier alpha value is -0.960. The standard InChI is InChI=1S/C14H19F2N/c1-10-5-6-14(7-10,9-17)8-11-3-2-4-12(15)13(11)16/h2-4,10H,5-9,17H2,1H3.